The highest BCUT2D eigenvalue weighted by atomic mass is 32.2. The molecule has 3 aromatic carbocycles. The largest absolute Gasteiger partial charge is 0.497 e. The van der Waals surface area contributed by atoms with E-state index in [1.165, 1.54) is 28.8 Å². The number of thioether (sulfide) groups is 1. The molecule has 1 aliphatic heterocycles. The van der Waals surface area contributed by atoms with E-state index >= 15 is 4.39 Å². The Labute approximate surface area is 256 Å². The average Bonchev–Trinajstić information content (AvgIpc) is 3.38. The summed E-state index contributed by atoms with van der Waals surface area (Å²) in [5, 5.41) is 7.10. The number of nitrogens with one attached hydrogen (secondary N) is 1. The van der Waals surface area contributed by atoms with Crippen LogP contribution in [0, 0.1) is 11.6 Å². The summed E-state index contributed by atoms with van der Waals surface area (Å²) >= 11 is 1.21. The van der Waals surface area contributed by atoms with Crippen LogP contribution < -0.4 is 15.0 Å². The Morgan fingerprint density at radius 3 is 2.55 bits per heavy atom. The molecule has 2 amide bonds. The quantitative estimate of drug-likeness (QED) is 0.242. The van der Waals surface area contributed by atoms with Crippen molar-refractivity contribution < 1.29 is 23.1 Å². The van der Waals surface area contributed by atoms with Gasteiger partial charge in [-0.05, 0) is 42.0 Å². The third-order valence-corrected chi connectivity index (χ3v) is 8.45. The standard InChI is InChI=1S/C33H27F2N5O3S/c1-43-25-12-10-24(11-13-25)40-33-30(31(38-40)22-7-3-2-4-8-22)32(26-14-9-23(34)16-27(26)35)44-20-29(42)39(33)19-28(41)37-18-21-6-5-15-36-17-21/h2-17,32H,18-20H2,1H3,(H,37,41)/t32-/m0/s1. The zero-order valence-electron chi connectivity index (χ0n) is 23.6. The molecule has 2 aromatic heterocycles. The van der Waals surface area contributed by atoms with Crippen molar-refractivity contribution >= 4 is 29.4 Å². The van der Waals surface area contributed by atoms with Gasteiger partial charge in [0.25, 0.3) is 0 Å². The molecule has 0 unspecified atom stereocenters. The SMILES string of the molecule is COc1ccc(-n2nc(-c3ccccc3)c3c2N(CC(=O)NCc2cccnc2)C(=O)CS[C@H]3c2ccc(F)cc2F)cc1. The minimum atomic E-state index is -0.736. The van der Waals surface area contributed by atoms with Crippen LogP contribution in [0.15, 0.2) is 97.3 Å². The van der Waals surface area contributed by atoms with Gasteiger partial charge in [0.1, 0.15) is 29.7 Å². The van der Waals surface area contributed by atoms with Gasteiger partial charge in [-0.3, -0.25) is 19.5 Å². The van der Waals surface area contributed by atoms with Gasteiger partial charge in [0.05, 0.1) is 29.5 Å². The molecular weight excluding hydrogens is 584 g/mol. The zero-order chi connectivity index (χ0) is 30.6. The van der Waals surface area contributed by atoms with Crippen LogP contribution >= 0.6 is 11.8 Å². The summed E-state index contributed by atoms with van der Waals surface area (Å²) in [4.78, 5) is 32.6. The van der Waals surface area contributed by atoms with Crippen molar-refractivity contribution in [3.8, 4) is 22.7 Å². The minimum absolute atomic E-state index is 0.0527. The van der Waals surface area contributed by atoms with Gasteiger partial charge in [-0.25, -0.2) is 13.5 Å². The highest BCUT2D eigenvalue weighted by Crippen LogP contribution is 2.49. The van der Waals surface area contributed by atoms with Crippen LogP contribution in [0.2, 0.25) is 0 Å². The number of ether oxygens (including phenoxy) is 1. The molecule has 0 saturated carbocycles. The number of hydrogen-bond donors (Lipinski definition) is 1. The number of carbonyl (C=O) groups excluding carboxylic acids is 2. The van der Waals surface area contributed by atoms with E-state index in [4.69, 9.17) is 9.84 Å². The molecule has 1 aliphatic rings. The number of pyridine rings is 1. The number of carbonyl (C=O) groups is 2. The van der Waals surface area contributed by atoms with Gasteiger partial charge in [0.15, 0.2) is 0 Å². The van der Waals surface area contributed by atoms with Crippen molar-refractivity contribution in [3.63, 3.8) is 0 Å². The predicted molar refractivity (Wildman–Crippen MR) is 165 cm³/mol. The van der Waals surface area contributed by atoms with E-state index in [0.717, 1.165) is 17.2 Å². The van der Waals surface area contributed by atoms with Crippen LogP contribution in [0.5, 0.6) is 5.75 Å². The van der Waals surface area contributed by atoms with Gasteiger partial charge in [-0.2, -0.15) is 5.10 Å². The summed E-state index contributed by atoms with van der Waals surface area (Å²) in [5.74, 6) is -1.29. The minimum Gasteiger partial charge on any atom is -0.497 e. The highest BCUT2D eigenvalue weighted by Gasteiger charge is 2.38. The van der Waals surface area contributed by atoms with Crippen LogP contribution in [0.25, 0.3) is 16.9 Å². The van der Waals surface area contributed by atoms with Gasteiger partial charge in [0.2, 0.25) is 11.8 Å². The van der Waals surface area contributed by atoms with Crippen LogP contribution in [-0.4, -0.2) is 46.0 Å². The van der Waals surface area contributed by atoms with Crippen molar-refractivity contribution in [1.29, 1.82) is 0 Å². The first kappa shape index (κ1) is 29.1. The van der Waals surface area contributed by atoms with Gasteiger partial charge >= 0.3 is 0 Å². The Morgan fingerprint density at radius 2 is 1.84 bits per heavy atom. The van der Waals surface area contributed by atoms with E-state index in [9.17, 15) is 14.0 Å². The molecule has 0 spiro atoms. The van der Waals surface area contributed by atoms with Crippen LogP contribution in [0.3, 0.4) is 0 Å². The summed E-state index contributed by atoms with van der Waals surface area (Å²) in [5.41, 5.74) is 3.39. The second-order valence-electron chi connectivity index (χ2n) is 10.0. The van der Waals surface area contributed by atoms with E-state index in [-0.39, 0.29) is 30.3 Å². The van der Waals surface area contributed by atoms with Crippen molar-refractivity contribution in [3.05, 3.63) is 126 Å². The van der Waals surface area contributed by atoms with E-state index in [2.05, 4.69) is 10.3 Å². The topological polar surface area (TPSA) is 89.3 Å². The Kier molecular flexibility index (Phi) is 8.38. The first-order valence-electron chi connectivity index (χ1n) is 13.8. The van der Waals surface area contributed by atoms with Crippen molar-refractivity contribution in [2.75, 3.05) is 24.3 Å². The smallest absolute Gasteiger partial charge is 0.240 e. The van der Waals surface area contributed by atoms with Crippen LogP contribution in [-0.2, 0) is 16.1 Å². The molecule has 0 aliphatic carbocycles. The van der Waals surface area contributed by atoms with Crippen LogP contribution in [0.4, 0.5) is 14.6 Å². The molecule has 1 atom stereocenters. The molecule has 1 N–H and O–H groups in total. The maximum Gasteiger partial charge on any atom is 0.240 e. The molecule has 11 heteroatoms. The number of hydrogen-bond acceptors (Lipinski definition) is 6. The summed E-state index contributed by atoms with van der Waals surface area (Å²) in [6.07, 6.45) is 3.30. The fourth-order valence-electron chi connectivity index (χ4n) is 5.09. The third kappa shape index (κ3) is 5.91. The van der Waals surface area contributed by atoms with Gasteiger partial charge < -0.3 is 10.1 Å². The average molecular weight is 612 g/mol. The van der Waals surface area contributed by atoms with E-state index in [1.807, 2.05) is 36.4 Å². The Morgan fingerprint density at radius 1 is 1.05 bits per heavy atom. The molecule has 3 heterocycles. The molecule has 0 fully saturated rings. The Bertz CT molecular complexity index is 1800. The van der Waals surface area contributed by atoms with E-state index in [0.29, 0.717) is 28.5 Å². The summed E-state index contributed by atoms with van der Waals surface area (Å²) in [7, 11) is 1.56. The monoisotopic (exact) mass is 611 g/mol. The lowest BCUT2D eigenvalue weighted by molar-refractivity contribution is -0.123. The van der Waals surface area contributed by atoms with Gasteiger partial charge in [0, 0.05) is 41.7 Å². The number of anilines is 1. The highest BCUT2D eigenvalue weighted by molar-refractivity contribution is 8.00. The lowest BCUT2D eigenvalue weighted by Gasteiger charge is -2.23. The molecule has 222 valence electrons. The lowest BCUT2D eigenvalue weighted by Crippen LogP contribution is -2.42. The Balaban J connectivity index is 1.53. The van der Waals surface area contributed by atoms with Crippen LogP contribution in [0.1, 0.15) is 21.9 Å². The number of amides is 2. The maximum atomic E-state index is 15.4. The first-order chi connectivity index (χ1) is 21.4. The normalized spacial score (nSPS) is 14.6. The molecule has 0 saturated heterocycles. The maximum absolute atomic E-state index is 15.4. The number of halogens is 2. The lowest BCUT2D eigenvalue weighted by atomic mass is 9.99. The number of fused-ring (bicyclic) bond motifs is 1. The molecule has 0 radical (unpaired) electrons. The number of nitrogens with zero attached hydrogens (tertiary/aromatic N) is 4. The summed E-state index contributed by atoms with van der Waals surface area (Å²) in [6, 6.07) is 23.5. The number of rotatable bonds is 8. The second-order valence-corrected chi connectivity index (χ2v) is 11.1. The van der Waals surface area contributed by atoms with E-state index in [1.54, 1.807) is 54.5 Å². The first-order valence-corrected chi connectivity index (χ1v) is 14.8. The molecule has 5 aromatic rings. The fraction of sp³-hybridized carbons (Fsp3) is 0.152. The Hall–Kier alpha value is -5.03. The zero-order valence-corrected chi connectivity index (χ0v) is 24.4. The molecule has 8 nitrogen and oxygen atoms in total. The fourth-order valence-corrected chi connectivity index (χ4v) is 6.31. The molecular formula is C33H27F2N5O3S. The predicted octanol–water partition coefficient (Wildman–Crippen LogP) is 5.71. The molecule has 0 bridgehead atoms. The van der Waals surface area contributed by atoms with Crippen molar-refractivity contribution in [1.82, 2.24) is 20.1 Å². The summed E-state index contributed by atoms with van der Waals surface area (Å²) < 4.78 is 36.4. The molecule has 6 rings (SSSR count). The van der Waals surface area contributed by atoms with Gasteiger partial charge in [-0.1, -0.05) is 42.5 Å². The third-order valence-electron chi connectivity index (χ3n) is 7.21. The van der Waals surface area contributed by atoms with Crippen molar-refractivity contribution in [2.45, 2.75) is 11.8 Å². The summed E-state index contributed by atoms with van der Waals surface area (Å²) in [6.45, 7) is -0.0753. The van der Waals surface area contributed by atoms with Crippen molar-refractivity contribution in [2.24, 2.45) is 0 Å². The van der Waals surface area contributed by atoms with Gasteiger partial charge in [-0.15, -0.1) is 11.8 Å². The number of benzene rings is 3. The number of aromatic nitrogens is 3. The second kappa shape index (κ2) is 12.7. The number of methoxy groups -OCH3 is 1. The van der Waals surface area contributed by atoms with E-state index < -0.39 is 22.8 Å². The molecule has 44 heavy (non-hydrogen) atoms.